The highest BCUT2D eigenvalue weighted by Crippen LogP contribution is 2.31. The molecule has 0 radical (unpaired) electrons. The number of hydrogen-bond donors (Lipinski definition) is 0. The second kappa shape index (κ2) is 9.76. The van der Waals surface area contributed by atoms with Crippen molar-refractivity contribution in [3.8, 4) is 0 Å². The van der Waals surface area contributed by atoms with Crippen LogP contribution in [0.1, 0.15) is 77.7 Å². The molecule has 1 heteroatoms. The summed E-state index contributed by atoms with van der Waals surface area (Å²) >= 11 is 0. The number of carbonyl (C=O) groups excluding carboxylic acids is 1. The molecule has 0 amide bonds. The summed E-state index contributed by atoms with van der Waals surface area (Å²) in [6.45, 7) is 8.83. The maximum Gasteiger partial charge on any atom is 0.140 e. The Kier molecular flexibility index (Phi) is 8.34. The van der Waals surface area contributed by atoms with Crippen LogP contribution in [0.4, 0.5) is 0 Å². The van der Waals surface area contributed by atoms with Crippen molar-refractivity contribution in [1.29, 1.82) is 0 Å². The summed E-state index contributed by atoms with van der Waals surface area (Å²) in [4.78, 5) is 12.9. The van der Waals surface area contributed by atoms with Crippen LogP contribution in [0.15, 0.2) is 30.3 Å². The largest absolute Gasteiger partial charge is 0.299 e. The van der Waals surface area contributed by atoms with E-state index in [1.54, 1.807) is 0 Å². The molecular weight excluding hydrogens is 256 g/mol. The molecule has 1 nitrogen and oxygen atoms in total. The van der Waals surface area contributed by atoms with Crippen LogP contribution in [-0.2, 0) is 4.79 Å². The molecule has 0 bridgehead atoms. The average molecular weight is 288 g/mol. The van der Waals surface area contributed by atoms with Gasteiger partial charge in [-0.25, -0.2) is 0 Å². The van der Waals surface area contributed by atoms with Gasteiger partial charge in [0.1, 0.15) is 5.78 Å². The van der Waals surface area contributed by atoms with Crippen molar-refractivity contribution in [2.45, 2.75) is 72.1 Å². The second-order valence-electron chi connectivity index (χ2n) is 6.36. The molecule has 0 saturated carbocycles. The van der Waals surface area contributed by atoms with Gasteiger partial charge in [-0.15, -0.1) is 0 Å². The molecule has 1 aromatic rings. The molecule has 0 aliphatic rings. The Morgan fingerprint density at radius 1 is 1.05 bits per heavy atom. The maximum atomic E-state index is 12.9. The molecule has 0 N–H and O–H groups in total. The van der Waals surface area contributed by atoms with Crippen LogP contribution in [0, 0.1) is 11.8 Å². The van der Waals surface area contributed by atoms with E-state index in [4.69, 9.17) is 0 Å². The van der Waals surface area contributed by atoms with Gasteiger partial charge in [0, 0.05) is 12.3 Å². The van der Waals surface area contributed by atoms with Gasteiger partial charge in [-0.3, -0.25) is 4.79 Å². The zero-order valence-corrected chi connectivity index (χ0v) is 14.3. The highest BCUT2D eigenvalue weighted by atomic mass is 16.1. The molecule has 0 fully saturated rings. The number of unbranched alkanes of at least 4 members (excludes halogenated alkanes) is 1. The van der Waals surface area contributed by atoms with Crippen LogP contribution in [0.5, 0.6) is 0 Å². The van der Waals surface area contributed by atoms with Gasteiger partial charge in [-0.1, -0.05) is 90.1 Å². The molecule has 3 unspecified atom stereocenters. The predicted molar refractivity (Wildman–Crippen MR) is 91.6 cm³/mol. The number of ketones is 1. The fraction of sp³-hybridized carbons (Fsp3) is 0.650. The first-order chi connectivity index (χ1) is 10.1. The lowest BCUT2D eigenvalue weighted by molar-refractivity contribution is -0.122. The molecule has 3 atom stereocenters. The van der Waals surface area contributed by atoms with Gasteiger partial charge in [0.05, 0.1) is 0 Å². The molecule has 0 saturated heterocycles. The Morgan fingerprint density at radius 3 is 2.24 bits per heavy atom. The van der Waals surface area contributed by atoms with Crippen LogP contribution in [-0.4, -0.2) is 5.78 Å². The third-order valence-corrected chi connectivity index (χ3v) is 4.75. The van der Waals surface area contributed by atoms with Gasteiger partial charge in [-0.2, -0.15) is 0 Å². The first kappa shape index (κ1) is 17.9. The Balaban J connectivity index is 2.81. The molecule has 1 aromatic carbocycles. The minimum atomic E-state index is 0.0758. The van der Waals surface area contributed by atoms with Gasteiger partial charge in [-0.05, 0) is 17.4 Å². The summed E-state index contributed by atoms with van der Waals surface area (Å²) in [5, 5.41) is 0. The SMILES string of the molecule is CCCCC(CC)CC(=O)C(c1ccccc1)C(C)CC. The summed E-state index contributed by atoms with van der Waals surface area (Å²) in [6, 6.07) is 10.3. The van der Waals surface area contributed by atoms with E-state index in [9.17, 15) is 4.79 Å². The average Bonchev–Trinajstić information content (AvgIpc) is 2.52. The van der Waals surface area contributed by atoms with Gasteiger partial charge < -0.3 is 0 Å². The summed E-state index contributed by atoms with van der Waals surface area (Å²) in [5.41, 5.74) is 1.20. The lowest BCUT2D eigenvalue weighted by Crippen LogP contribution is -2.22. The molecule has 0 heterocycles. The van der Waals surface area contributed by atoms with Gasteiger partial charge >= 0.3 is 0 Å². The number of carbonyl (C=O) groups is 1. The van der Waals surface area contributed by atoms with Crippen LogP contribution in [0.2, 0.25) is 0 Å². The lowest BCUT2D eigenvalue weighted by Gasteiger charge is -2.24. The molecular formula is C20H32O. The molecule has 0 aliphatic carbocycles. The van der Waals surface area contributed by atoms with Crippen molar-refractivity contribution in [2.24, 2.45) is 11.8 Å². The van der Waals surface area contributed by atoms with Crippen LogP contribution in [0.25, 0.3) is 0 Å². The summed E-state index contributed by atoms with van der Waals surface area (Å²) in [6.07, 6.45) is 6.58. The number of hydrogen-bond acceptors (Lipinski definition) is 1. The monoisotopic (exact) mass is 288 g/mol. The molecule has 21 heavy (non-hydrogen) atoms. The normalized spacial score (nSPS) is 15.4. The summed E-state index contributed by atoms with van der Waals surface area (Å²) < 4.78 is 0. The zero-order chi connectivity index (χ0) is 15.7. The van der Waals surface area contributed by atoms with E-state index >= 15 is 0 Å². The van der Waals surface area contributed by atoms with Crippen LogP contribution >= 0.6 is 0 Å². The van der Waals surface area contributed by atoms with Gasteiger partial charge in [0.25, 0.3) is 0 Å². The quantitative estimate of drug-likeness (QED) is 0.516. The standard InChI is InChI=1S/C20H32O/c1-5-8-12-17(7-3)15-19(21)20(16(4)6-2)18-13-10-9-11-14-18/h9-11,13-14,16-17,20H,5-8,12,15H2,1-4H3. The lowest BCUT2D eigenvalue weighted by atomic mass is 9.79. The van der Waals surface area contributed by atoms with E-state index in [1.807, 2.05) is 18.2 Å². The van der Waals surface area contributed by atoms with E-state index in [2.05, 4.69) is 39.8 Å². The maximum absolute atomic E-state index is 12.9. The Labute approximate surface area is 131 Å². The Bertz CT molecular complexity index is 396. The van der Waals surface area contributed by atoms with E-state index < -0.39 is 0 Å². The highest BCUT2D eigenvalue weighted by Gasteiger charge is 2.27. The molecule has 0 spiro atoms. The third kappa shape index (κ3) is 5.65. The van der Waals surface area contributed by atoms with Crippen molar-refractivity contribution in [3.05, 3.63) is 35.9 Å². The van der Waals surface area contributed by atoms with Crippen molar-refractivity contribution in [3.63, 3.8) is 0 Å². The third-order valence-electron chi connectivity index (χ3n) is 4.75. The number of rotatable bonds is 10. The van der Waals surface area contributed by atoms with Gasteiger partial charge in [0.2, 0.25) is 0 Å². The summed E-state index contributed by atoms with van der Waals surface area (Å²) in [7, 11) is 0. The summed E-state index contributed by atoms with van der Waals surface area (Å²) in [5.74, 6) is 1.50. The van der Waals surface area contributed by atoms with Crippen molar-refractivity contribution >= 4 is 5.78 Å². The first-order valence-electron chi connectivity index (χ1n) is 8.71. The van der Waals surface area contributed by atoms with Crippen molar-refractivity contribution in [2.75, 3.05) is 0 Å². The molecule has 0 aliphatic heterocycles. The van der Waals surface area contributed by atoms with E-state index in [0.717, 1.165) is 19.3 Å². The number of benzene rings is 1. The smallest absolute Gasteiger partial charge is 0.140 e. The first-order valence-corrected chi connectivity index (χ1v) is 8.71. The second-order valence-corrected chi connectivity index (χ2v) is 6.36. The molecule has 1 rings (SSSR count). The van der Waals surface area contributed by atoms with E-state index in [1.165, 1.54) is 24.8 Å². The van der Waals surface area contributed by atoms with Crippen LogP contribution < -0.4 is 0 Å². The van der Waals surface area contributed by atoms with E-state index in [0.29, 0.717) is 17.6 Å². The van der Waals surface area contributed by atoms with Crippen molar-refractivity contribution in [1.82, 2.24) is 0 Å². The Morgan fingerprint density at radius 2 is 1.71 bits per heavy atom. The molecule has 118 valence electrons. The minimum Gasteiger partial charge on any atom is -0.299 e. The zero-order valence-electron chi connectivity index (χ0n) is 14.3. The Hall–Kier alpha value is -1.11. The van der Waals surface area contributed by atoms with Gasteiger partial charge in [0.15, 0.2) is 0 Å². The fourth-order valence-corrected chi connectivity index (χ4v) is 3.08. The minimum absolute atomic E-state index is 0.0758. The van der Waals surface area contributed by atoms with E-state index in [-0.39, 0.29) is 5.92 Å². The van der Waals surface area contributed by atoms with Crippen LogP contribution in [0.3, 0.4) is 0 Å². The fourth-order valence-electron chi connectivity index (χ4n) is 3.08. The molecule has 0 aromatic heterocycles. The number of Topliss-reactive ketones (excluding diaryl/α,β-unsaturated/α-hetero) is 1. The topological polar surface area (TPSA) is 17.1 Å². The highest BCUT2D eigenvalue weighted by molar-refractivity contribution is 5.86. The van der Waals surface area contributed by atoms with Crippen molar-refractivity contribution < 1.29 is 4.79 Å². The predicted octanol–water partition coefficient (Wildman–Crippen LogP) is 5.99.